The molecule has 0 saturated carbocycles. The highest BCUT2D eigenvalue weighted by Gasteiger charge is 2.39. The number of nitrogens with zero attached hydrogens (tertiary/aromatic N) is 1. The number of benzene rings is 1. The molecule has 2 N–H and O–H groups in total. The third kappa shape index (κ3) is 3.01. The maximum atomic E-state index is 12.9. The van der Waals surface area contributed by atoms with Crippen LogP contribution in [0.4, 0.5) is 24.5 Å². The van der Waals surface area contributed by atoms with E-state index in [1.54, 1.807) is 0 Å². The highest BCUT2D eigenvalue weighted by Crippen LogP contribution is 2.38. The number of rotatable bonds is 3. The molecule has 1 saturated heterocycles. The summed E-state index contributed by atoms with van der Waals surface area (Å²) in [5, 5.41) is 16.8. The highest BCUT2D eigenvalue weighted by atomic mass is 19.4. The molecular weight excluding hydrogens is 275 g/mol. The molecule has 1 heterocycles. The topological polar surface area (TPSA) is 67.2 Å². The van der Waals surface area contributed by atoms with Gasteiger partial charge >= 0.3 is 6.18 Å². The summed E-state index contributed by atoms with van der Waals surface area (Å²) in [5.74, 6) is 0. The Morgan fingerprint density at radius 1 is 1.45 bits per heavy atom. The van der Waals surface area contributed by atoms with Gasteiger partial charge in [-0.15, -0.1) is 0 Å². The van der Waals surface area contributed by atoms with Crippen LogP contribution in [0.3, 0.4) is 0 Å². The van der Waals surface area contributed by atoms with E-state index in [1.165, 1.54) is 6.07 Å². The molecule has 1 aromatic rings. The average Bonchev–Trinajstić information content (AvgIpc) is 2.74. The lowest BCUT2D eigenvalue weighted by Gasteiger charge is -2.26. The molecule has 5 nitrogen and oxygen atoms in total. The van der Waals surface area contributed by atoms with Gasteiger partial charge in [-0.3, -0.25) is 10.1 Å². The summed E-state index contributed by atoms with van der Waals surface area (Å²) in [7, 11) is 0. The maximum Gasteiger partial charge on any atom is 0.423 e. The van der Waals surface area contributed by atoms with Crippen LogP contribution >= 0.6 is 0 Å². The van der Waals surface area contributed by atoms with E-state index in [-0.39, 0.29) is 11.2 Å². The Hall–Kier alpha value is -1.83. The third-order valence-electron chi connectivity index (χ3n) is 3.31. The zero-order valence-electron chi connectivity index (χ0n) is 10.8. The van der Waals surface area contributed by atoms with Gasteiger partial charge in [-0.1, -0.05) is 0 Å². The third-order valence-corrected chi connectivity index (χ3v) is 3.31. The standard InChI is InChI=1S/C12H14F3N3O2/c1-11(4-5-16-7-11)17-8-2-3-10(18(19)20)9(6-8)12(13,14)15/h2-3,6,16-17H,4-5,7H2,1H3. The van der Waals surface area contributed by atoms with E-state index in [4.69, 9.17) is 0 Å². The number of nitro benzene ring substituents is 1. The molecule has 0 spiro atoms. The first-order valence-electron chi connectivity index (χ1n) is 6.06. The van der Waals surface area contributed by atoms with Crippen molar-refractivity contribution in [2.24, 2.45) is 0 Å². The highest BCUT2D eigenvalue weighted by molar-refractivity contribution is 5.56. The normalized spacial score (nSPS) is 22.8. The monoisotopic (exact) mass is 289 g/mol. The van der Waals surface area contributed by atoms with Crippen LogP contribution in [0.1, 0.15) is 18.9 Å². The first kappa shape index (κ1) is 14.6. The molecule has 0 radical (unpaired) electrons. The van der Waals surface area contributed by atoms with Gasteiger partial charge in [-0.25, -0.2) is 0 Å². The number of hydrogen-bond acceptors (Lipinski definition) is 4. The molecule has 0 amide bonds. The van der Waals surface area contributed by atoms with E-state index in [0.717, 1.165) is 25.1 Å². The van der Waals surface area contributed by atoms with E-state index in [9.17, 15) is 23.3 Å². The van der Waals surface area contributed by atoms with Crippen molar-refractivity contribution in [2.45, 2.75) is 25.1 Å². The zero-order chi connectivity index (χ0) is 15.0. The van der Waals surface area contributed by atoms with E-state index < -0.39 is 22.4 Å². The minimum Gasteiger partial charge on any atom is -0.379 e. The molecule has 2 rings (SSSR count). The molecule has 0 bridgehead atoms. The molecule has 20 heavy (non-hydrogen) atoms. The lowest BCUT2D eigenvalue weighted by molar-refractivity contribution is -0.388. The first-order valence-corrected chi connectivity index (χ1v) is 6.06. The van der Waals surface area contributed by atoms with Crippen molar-refractivity contribution in [1.82, 2.24) is 5.32 Å². The minimum atomic E-state index is -4.76. The van der Waals surface area contributed by atoms with Crippen molar-refractivity contribution >= 4 is 11.4 Å². The van der Waals surface area contributed by atoms with Gasteiger partial charge in [-0.05, 0) is 32.0 Å². The van der Waals surface area contributed by atoms with Gasteiger partial charge in [0.05, 0.1) is 4.92 Å². The van der Waals surface area contributed by atoms with Crippen LogP contribution < -0.4 is 10.6 Å². The summed E-state index contributed by atoms with van der Waals surface area (Å²) in [5.41, 5.74) is -2.28. The van der Waals surface area contributed by atoms with Crippen molar-refractivity contribution in [3.05, 3.63) is 33.9 Å². The second kappa shape index (κ2) is 4.93. The lowest BCUT2D eigenvalue weighted by atomic mass is 10.0. The summed E-state index contributed by atoms with van der Waals surface area (Å²) in [4.78, 5) is 9.64. The summed E-state index contributed by atoms with van der Waals surface area (Å²) in [6, 6.07) is 2.98. The van der Waals surface area contributed by atoms with Gasteiger partial charge in [0.25, 0.3) is 5.69 Å². The van der Waals surface area contributed by atoms with Crippen molar-refractivity contribution in [3.63, 3.8) is 0 Å². The lowest BCUT2D eigenvalue weighted by Crippen LogP contribution is -2.36. The van der Waals surface area contributed by atoms with Crippen molar-refractivity contribution in [3.8, 4) is 0 Å². The van der Waals surface area contributed by atoms with Crippen molar-refractivity contribution in [1.29, 1.82) is 0 Å². The van der Waals surface area contributed by atoms with Gasteiger partial charge in [0, 0.05) is 23.8 Å². The second-order valence-corrected chi connectivity index (χ2v) is 5.10. The van der Waals surface area contributed by atoms with Crippen LogP contribution in [0.5, 0.6) is 0 Å². The molecule has 0 aliphatic carbocycles. The SMILES string of the molecule is CC1(Nc2ccc([N+](=O)[O-])c(C(F)(F)F)c2)CCNC1. The van der Waals surface area contributed by atoms with Crippen LogP contribution in [0.25, 0.3) is 0 Å². The Bertz CT molecular complexity index is 525. The molecule has 8 heteroatoms. The quantitative estimate of drug-likeness (QED) is 0.663. The van der Waals surface area contributed by atoms with Gasteiger partial charge in [0.2, 0.25) is 0 Å². The van der Waals surface area contributed by atoms with E-state index >= 15 is 0 Å². The smallest absolute Gasteiger partial charge is 0.379 e. The average molecular weight is 289 g/mol. The van der Waals surface area contributed by atoms with Gasteiger partial charge < -0.3 is 10.6 Å². The fraction of sp³-hybridized carbons (Fsp3) is 0.500. The molecule has 1 fully saturated rings. The van der Waals surface area contributed by atoms with Gasteiger partial charge in [0.15, 0.2) is 0 Å². The van der Waals surface area contributed by atoms with Crippen LogP contribution in [0.2, 0.25) is 0 Å². The Kier molecular flexibility index (Phi) is 3.59. The largest absolute Gasteiger partial charge is 0.423 e. The van der Waals surface area contributed by atoms with E-state index in [0.29, 0.717) is 6.54 Å². The Morgan fingerprint density at radius 3 is 2.65 bits per heavy atom. The number of nitro groups is 1. The number of alkyl halides is 3. The Balaban J connectivity index is 2.35. The summed E-state index contributed by atoms with van der Waals surface area (Å²) in [6.07, 6.45) is -3.99. The number of halogens is 3. The molecular formula is C12H14F3N3O2. The fourth-order valence-corrected chi connectivity index (χ4v) is 2.27. The predicted octanol–water partition coefficient (Wildman–Crippen LogP) is 2.78. The molecule has 1 aliphatic rings. The van der Waals surface area contributed by atoms with Crippen LogP contribution in [0.15, 0.2) is 18.2 Å². The van der Waals surface area contributed by atoms with Gasteiger partial charge in [0.1, 0.15) is 5.56 Å². The van der Waals surface area contributed by atoms with Crippen LogP contribution in [0, 0.1) is 10.1 Å². The van der Waals surface area contributed by atoms with Crippen LogP contribution in [-0.4, -0.2) is 23.6 Å². The molecule has 1 aliphatic heterocycles. The maximum absolute atomic E-state index is 12.9. The summed E-state index contributed by atoms with van der Waals surface area (Å²) in [6.45, 7) is 3.30. The molecule has 1 aromatic carbocycles. The minimum absolute atomic E-state index is 0.231. The van der Waals surface area contributed by atoms with Gasteiger partial charge in [-0.2, -0.15) is 13.2 Å². The Morgan fingerprint density at radius 2 is 2.15 bits per heavy atom. The fourth-order valence-electron chi connectivity index (χ4n) is 2.27. The summed E-state index contributed by atoms with van der Waals surface area (Å²) < 4.78 is 38.6. The summed E-state index contributed by atoms with van der Waals surface area (Å²) >= 11 is 0. The predicted molar refractivity (Wildman–Crippen MR) is 67.6 cm³/mol. The van der Waals surface area contributed by atoms with E-state index in [1.807, 2.05) is 6.92 Å². The molecule has 110 valence electrons. The number of nitrogens with one attached hydrogen (secondary N) is 2. The number of hydrogen-bond donors (Lipinski definition) is 2. The molecule has 0 aromatic heterocycles. The van der Waals surface area contributed by atoms with Crippen LogP contribution in [-0.2, 0) is 6.18 Å². The van der Waals surface area contributed by atoms with Crippen molar-refractivity contribution < 1.29 is 18.1 Å². The zero-order valence-corrected chi connectivity index (χ0v) is 10.8. The van der Waals surface area contributed by atoms with Crippen molar-refractivity contribution in [2.75, 3.05) is 18.4 Å². The Labute approximate surface area is 113 Å². The first-order chi connectivity index (χ1) is 9.21. The molecule has 1 atom stereocenters. The van der Waals surface area contributed by atoms with E-state index in [2.05, 4.69) is 10.6 Å². The second-order valence-electron chi connectivity index (χ2n) is 5.10. The number of anilines is 1. The molecule has 1 unspecified atom stereocenters.